The Morgan fingerprint density at radius 3 is 2.14 bits per heavy atom. The van der Waals surface area contributed by atoms with E-state index < -0.39 is 37.2 Å². The molecule has 1 saturated heterocycles. The summed E-state index contributed by atoms with van der Waals surface area (Å²) in [5.74, 6) is -0.0406. The second-order valence-corrected chi connectivity index (χ2v) is 4.01. The van der Waals surface area contributed by atoms with E-state index in [-0.39, 0.29) is 5.92 Å². The van der Waals surface area contributed by atoms with Gasteiger partial charge in [0.25, 0.3) is 0 Å². The lowest BCUT2D eigenvalue weighted by atomic mass is 9.90. The quantitative estimate of drug-likeness (QED) is 0.569. The molecule has 0 bridgehead atoms. The SMILES string of the molecule is CC(C)[C@H]1OC(C[18F])C(O)C(O)[C@H]1O. The fourth-order valence-corrected chi connectivity index (χ4v) is 1.66. The van der Waals surface area contributed by atoms with Crippen LogP contribution in [0.5, 0.6) is 0 Å². The molecule has 0 aromatic heterocycles. The van der Waals surface area contributed by atoms with Gasteiger partial charge < -0.3 is 20.1 Å². The van der Waals surface area contributed by atoms with E-state index in [1.807, 2.05) is 0 Å². The first-order chi connectivity index (χ1) is 6.49. The van der Waals surface area contributed by atoms with Crippen molar-refractivity contribution in [1.29, 1.82) is 0 Å². The number of ether oxygens (including phenoxy) is 1. The summed E-state index contributed by atoms with van der Waals surface area (Å²) in [6.07, 6.45) is -5.52. The van der Waals surface area contributed by atoms with E-state index in [1.54, 1.807) is 13.8 Å². The first-order valence-corrected chi connectivity index (χ1v) is 4.74. The third-order valence-corrected chi connectivity index (χ3v) is 2.56. The molecule has 5 atom stereocenters. The maximum atomic E-state index is 12.4. The molecule has 1 aliphatic heterocycles. The summed E-state index contributed by atoms with van der Waals surface area (Å²) in [5.41, 5.74) is 0. The Morgan fingerprint density at radius 2 is 1.71 bits per heavy atom. The minimum atomic E-state index is -1.36. The molecule has 84 valence electrons. The fraction of sp³-hybridized carbons (Fsp3) is 1.00. The van der Waals surface area contributed by atoms with Gasteiger partial charge in [0.15, 0.2) is 0 Å². The largest absolute Gasteiger partial charge is 0.388 e. The Kier molecular flexibility index (Phi) is 3.83. The van der Waals surface area contributed by atoms with Crippen molar-refractivity contribution in [3.63, 3.8) is 0 Å². The van der Waals surface area contributed by atoms with Gasteiger partial charge in [0.2, 0.25) is 0 Å². The second kappa shape index (κ2) is 4.53. The van der Waals surface area contributed by atoms with Crippen LogP contribution in [0.4, 0.5) is 4.39 Å². The van der Waals surface area contributed by atoms with Gasteiger partial charge in [0.1, 0.15) is 31.1 Å². The molecule has 3 N–H and O–H groups in total. The van der Waals surface area contributed by atoms with Gasteiger partial charge in [0, 0.05) is 0 Å². The summed E-state index contributed by atoms with van der Waals surface area (Å²) in [7, 11) is 0. The maximum absolute atomic E-state index is 12.4. The zero-order valence-electron chi connectivity index (χ0n) is 8.30. The lowest BCUT2D eigenvalue weighted by Gasteiger charge is -2.41. The number of halogens is 1. The average molecular weight is 207 g/mol. The van der Waals surface area contributed by atoms with Crippen LogP contribution in [-0.2, 0) is 4.74 Å². The van der Waals surface area contributed by atoms with E-state index in [2.05, 4.69) is 0 Å². The summed E-state index contributed by atoms with van der Waals surface area (Å²) in [5, 5.41) is 28.3. The van der Waals surface area contributed by atoms with Crippen molar-refractivity contribution in [2.75, 3.05) is 6.67 Å². The van der Waals surface area contributed by atoms with Crippen LogP contribution in [0.2, 0.25) is 0 Å². The van der Waals surface area contributed by atoms with Crippen molar-refractivity contribution in [3.8, 4) is 0 Å². The normalized spacial score (nSPS) is 44.4. The number of aliphatic hydroxyl groups is 3. The molecule has 0 aliphatic carbocycles. The van der Waals surface area contributed by atoms with Crippen molar-refractivity contribution in [2.45, 2.75) is 44.4 Å². The molecule has 1 fully saturated rings. The lowest BCUT2D eigenvalue weighted by Crippen LogP contribution is -2.59. The zero-order chi connectivity index (χ0) is 10.9. The summed E-state index contributed by atoms with van der Waals surface area (Å²) in [6, 6.07) is 0. The van der Waals surface area contributed by atoms with Crippen LogP contribution in [0, 0.1) is 5.92 Å². The van der Waals surface area contributed by atoms with Gasteiger partial charge >= 0.3 is 0 Å². The highest BCUT2D eigenvalue weighted by atomic mass is 18.2. The molecule has 0 saturated carbocycles. The maximum Gasteiger partial charge on any atom is 0.118 e. The summed E-state index contributed by atoms with van der Waals surface area (Å²) >= 11 is 0. The Balaban J connectivity index is 2.73. The Morgan fingerprint density at radius 1 is 1.14 bits per heavy atom. The molecule has 1 heterocycles. The van der Waals surface area contributed by atoms with Gasteiger partial charge in [-0.1, -0.05) is 13.8 Å². The third kappa shape index (κ3) is 2.06. The van der Waals surface area contributed by atoms with E-state index in [4.69, 9.17) is 4.74 Å². The zero-order valence-corrected chi connectivity index (χ0v) is 8.30. The molecule has 0 spiro atoms. The highest BCUT2D eigenvalue weighted by molar-refractivity contribution is 4.92. The van der Waals surface area contributed by atoms with E-state index in [0.29, 0.717) is 0 Å². The van der Waals surface area contributed by atoms with Gasteiger partial charge in [0.05, 0.1) is 6.10 Å². The van der Waals surface area contributed by atoms with Gasteiger partial charge in [-0.3, -0.25) is 0 Å². The molecule has 5 heteroatoms. The van der Waals surface area contributed by atoms with Crippen LogP contribution in [0.3, 0.4) is 0 Å². The first kappa shape index (κ1) is 11.8. The highest BCUT2D eigenvalue weighted by Crippen LogP contribution is 2.25. The monoisotopic (exact) mass is 207 g/mol. The third-order valence-electron chi connectivity index (χ3n) is 2.56. The molecule has 3 unspecified atom stereocenters. The van der Waals surface area contributed by atoms with E-state index in [0.717, 1.165) is 0 Å². The predicted octanol–water partition coefficient (Wildman–Crippen LogP) is -0.538. The summed E-state index contributed by atoms with van der Waals surface area (Å²) in [6.45, 7) is 2.73. The number of aliphatic hydroxyl groups excluding tert-OH is 3. The predicted molar refractivity (Wildman–Crippen MR) is 47.5 cm³/mol. The molecular weight excluding hydrogens is 190 g/mol. The molecule has 0 aromatic rings. The summed E-state index contributed by atoms with van der Waals surface area (Å²) in [4.78, 5) is 0. The Labute approximate surface area is 82.3 Å². The topological polar surface area (TPSA) is 69.9 Å². The first-order valence-electron chi connectivity index (χ1n) is 4.74. The average Bonchev–Trinajstić information content (AvgIpc) is 2.14. The Bertz CT molecular complexity index is 186. The second-order valence-electron chi connectivity index (χ2n) is 4.01. The number of hydrogen-bond donors (Lipinski definition) is 3. The fourth-order valence-electron chi connectivity index (χ4n) is 1.66. The van der Waals surface area contributed by atoms with Crippen molar-refractivity contribution in [1.82, 2.24) is 0 Å². The molecule has 4 nitrogen and oxygen atoms in total. The van der Waals surface area contributed by atoms with E-state index in [1.165, 1.54) is 0 Å². The van der Waals surface area contributed by atoms with Crippen LogP contribution < -0.4 is 0 Å². The van der Waals surface area contributed by atoms with Crippen LogP contribution in [0.25, 0.3) is 0 Å². The van der Waals surface area contributed by atoms with E-state index >= 15 is 0 Å². The van der Waals surface area contributed by atoms with Crippen molar-refractivity contribution in [3.05, 3.63) is 0 Å². The molecule has 0 amide bonds. The van der Waals surface area contributed by atoms with Gasteiger partial charge in [-0.05, 0) is 5.92 Å². The number of hydrogen-bond acceptors (Lipinski definition) is 4. The highest BCUT2D eigenvalue weighted by Gasteiger charge is 2.44. The van der Waals surface area contributed by atoms with E-state index in [9.17, 15) is 19.7 Å². The van der Waals surface area contributed by atoms with Crippen LogP contribution in [0.15, 0.2) is 0 Å². The van der Waals surface area contributed by atoms with Crippen molar-refractivity contribution >= 4 is 0 Å². The minimum Gasteiger partial charge on any atom is -0.388 e. The van der Waals surface area contributed by atoms with Gasteiger partial charge in [-0.25, -0.2) is 4.39 Å². The number of rotatable bonds is 2. The molecule has 0 aromatic carbocycles. The molecule has 14 heavy (non-hydrogen) atoms. The molecule has 1 aliphatic rings. The summed E-state index contributed by atoms with van der Waals surface area (Å²) < 4.78 is 17.5. The van der Waals surface area contributed by atoms with Crippen LogP contribution in [0.1, 0.15) is 13.8 Å². The van der Waals surface area contributed by atoms with Crippen molar-refractivity contribution < 1.29 is 24.4 Å². The number of alkyl halides is 1. The standard InChI is InChI=1S/C9H17FO4/c1-4(2)9-8(13)7(12)6(11)5(3-10)14-9/h4-9,11-13H,3H2,1-2H3/t5?,6?,7?,8-,9-/m1/s1/i10-1. The molecular formula is C9H17FO4. The van der Waals surface area contributed by atoms with Gasteiger partial charge in [-0.15, -0.1) is 0 Å². The Hall–Kier alpha value is -0.230. The molecule has 1 rings (SSSR count). The van der Waals surface area contributed by atoms with Gasteiger partial charge in [-0.2, -0.15) is 0 Å². The minimum absolute atomic E-state index is 0.0406. The molecule has 0 radical (unpaired) electrons. The lowest BCUT2D eigenvalue weighted by molar-refractivity contribution is -0.234. The smallest absolute Gasteiger partial charge is 0.118 e. The van der Waals surface area contributed by atoms with Crippen LogP contribution >= 0.6 is 0 Å². The van der Waals surface area contributed by atoms with Crippen molar-refractivity contribution in [2.24, 2.45) is 5.92 Å². The van der Waals surface area contributed by atoms with Crippen LogP contribution in [-0.4, -0.2) is 52.5 Å².